The minimum absolute atomic E-state index is 0.0885. The third-order valence-corrected chi connectivity index (χ3v) is 4.04. The molecule has 0 aliphatic carbocycles. The number of carbonyl (C=O) groups is 2. The molecule has 1 amide bonds. The molecular weight excluding hydrogens is 328 g/mol. The van der Waals surface area contributed by atoms with Gasteiger partial charge in [-0.05, 0) is 30.1 Å². The van der Waals surface area contributed by atoms with Gasteiger partial charge in [0.15, 0.2) is 0 Å². The Bertz CT molecular complexity index is 648. The van der Waals surface area contributed by atoms with Crippen molar-refractivity contribution in [3.8, 4) is 0 Å². The van der Waals surface area contributed by atoms with Crippen LogP contribution in [0, 0.1) is 11.6 Å². The van der Waals surface area contributed by atoms with E-state index < -0.39 is 34.3 Å². The molecule has 0 spiro atoms. The molecule has 1 unspecified atom stereocenters. The molecule has 0 saturated heterocycles. The lowest BCUT2D eigenvalue weighted by Gasteiger charge is -2.15. The van der Waals surface area contributed by atoms with E-state index in [1.165, 1.54) is 0 Å². The first kappa shape index (κ1) is 18.9. The highest BCUT2D eigenvalue weighted by Gasteiger charge is 2.24. The lowest BCUT2D eigenvalue weighted by atomic mass is 10.2. The van der Waals surface area contributed by atoms with Crippen LogP contribution in [0.15, 0.2) is 22.1 Å². The molecule has 0 N–H and O–H groups in total. The summed E-state index contributed by atoms with van der Waals surface area (Å²) >= 11 is 0.843. The van der Waals surface area contributed by atoms with Crippen molar-refractivity contribution in [2.45, 2.75) is 36.8 Å². The third kappa shape index (κ3) is 5.22. The number of ether oxygens (including phenoxy) is 1. The molecule has 0 heterocycles. The predicted molar refractivity (Wildman–Crippen MR) is 81.0 cm³/mol. The van der Waals surface area contributed by atoms with Gasteiger partial charge in [0.25, 0.3) is 5.91 Å². The van der Waals surface area contributed by atoms with Crippen LogP contribution in [0.3, 0.4) is 0 Å². The van der Waals surface area contributed by atoms with Crippen molar-refractivity contribution in [2.75, 3.05) is 6.61 Å². The van der Waals surface area contributed by atoms with Crippen molar-refractivity contribution >= 4 is 23.6 Å². The molecule has 0 fully saturated rings. The fourth-order valence-corrected chi connectivity index (χ4v) is 2.94. The van der Waals surface area contributed by atoms with E-state index >= 15 is 0 Å². The van der Waals surface area contributed by atoms with Crippen molar-refractivity contribution < 1.29 is 23.1 Å². The lowest BCUT2D eigenvalue weighted by Crippen LogP contribution is -2.20. The lowest BCUT2D eigenvalue weighted by molar-refractivity contribution is -0.142. The maximum absolute atomic E-state index is 13.9. The molecule has 0 bridgehead atoms. The van der Waals surface area contributed by atoms with Crippen LogP contribution in [0.5, 0.6) is 0 Å². The predicted octanol–water partition coefficient (Wildman–Crippen LogP) is 4.24. The number of hydrogen-bond acceptors (Lipinski definition) is 4. The number of hydrogen-bond donors (Lipinski definition) is 0. The Morgan fingerprint density at radius 2 is 2.04 bits per heavy atom. The van der Waals surface area contributed by atoms with E-state index in [-0.39, 0.29) is 11.5 Å². The minimum atomic E-state index is -1.16. The summed E-state index contributed by atoms with van der Waals surface area (Å²) < 4.78 is 32.4. The highest BCUT2D eigenvalue weighted by molar-refractivity contribution is 8.00. The molecule has 1 atom stereocenters. The van der Waals surface area contributed by atoms with E-state index in [1.807, 2.05) is 6.92 Å². The zero-order valence-electron chi connectivity index (χ0n) is 12.6. The quantitative estimate of drug-likeness (QED) is 0.243. The molecule has 1 aromatic carbocycles. The Kier molecular flexibility index (Phi) is 7.50. The summed E-state index contributed by atoms with van der Waals surface area (Å²) in [7, 11) is 0. The van der Waals surface area contributed by atoms with Gasteiger partial charge in [0.05, 0.1) is 12.2 Å². The van der Waals surface area contributed by atoms with Gasteiger partial charge in [0.1, 0.15) is 16.9 Å². The summed E-state index contributed by atoms with van der Waals surface area (Å²) in [5.74, 6) is -3.70. The van der Waals surface area contributed by atoms with Crippen LogP contribution in [-0.2, 0) is 9.53 Å². The molecule has 1 aromatic rings. The smallest absolute Gasteiger partial charge is 0.319 e. The molecule has 0 aliphatic rings. The van der Waals surface area contributed by atoms with Gasteiger partial charge < -0.3 is 4.74 Å². The number of esters is 1. The topological polar surface area (TPSA) is 92.1 Å². The van der Waals surface area contributed by atoms with Crippen LogP contribution in [0.25, 0.3) is 10.4 Å². The molecule has 1 rings (SSSR count). The van der Waals surface area contributed by atoms with Crippen LogP contribution in [-0.4, -0.2) is 23.7 Å². The Morgan fingerprint density at radius 3 is 2.61 bits per heavy atom. The summed E-state index contributed by atoms with van der Waals surface area (Å²) in [4.78, 5) is 25.6. The molecule has 0 saturated carbocycles. The van der Waals surface area contributed by atoms with Crippen LogP contribution in [0.2, 0.25) is 0 Å². The van der Waals surface area contributed by atoms with E-state index in [4.69, 9.17) is 10.3 Å². The average molecular weight is 343 g/mol. The van der Waals surface area contributed by atoms with Crippen LogP contribution >= 0.6 is 11.8 Å². The Labute approximate surface area is 135 Å². The van der Waals surface area contributed by atoms with E-state index in [9.17, 15) is 18.4 Å². The van der Waals surface area contributed by atoms with Gasteiger partial charge in [-0.1, -0.05) is 13.3 Å². The van der Waals surface area contributed by atoms with Gasteiger partial charge in [-0.2, -0.15) is 0 Å². The molecule has 124 valence electrons. The number of azide groups is 1. The average Bonchev–Trinajstić information content (AvgIpc) is 2.49. The van der Waals surface area contributed by atoms with E-state index in [2.05, 4.69) is 10.0 Å². The zero-order valence-corrected chi connectivity index (χ0v) is 13.4. The first-order valence-corrected chi connectivity index (χ1v) is 7.74. The Balaban J connectivity index is 3.14. The largest absolute Gasteiger partial charge is 0.465 e. The fourth-order valence-electron chi connectivity index (χ4n) is 1.75. The minimum Gasteiger partial charge on any atom is -0.465 e. The second-order valence-corrected chi connectivity index (χ2v) is 5.65. The Hall–Kier alpha value is -2.12. The summed E-state index contributed by atoms with van der Waals surface area (Å²) in [5, 5.41) is 2.11. The van der Waals surface area contributed by atoms with Crippen LogP contribution < -0.4 is 0 Å². The molecule has 0 radical (unpaired) electrons. The number of rotatable bonds is 7. The second-order valence-electron chi connectivity index (χ2n) is 4.40. The van der Waals surface area contributed by atoms with Gasteiger partial charge >= 0.3 is 5.97 Å². The molecule has 0 aliphatic heterocycles. The molecule has 23 heavy (non-hydrogen) atoms. The number of nitrogens with zero attached hydrogens (tertiary/aromatic N) is 3. The normalized spacial score (nSPS) is 11.5. The van der Waals surface area contributed by atoms with Gasteiger partial charge in [-0.3, -0.25) is 9.59 Å². The SMILES string of the molecule is CCCC(Sc1cc(C(=O)N=[N+]=[N-])c(F)cc1F)C(=O)OCC. The van der Waals surface area contributed by atoms with E-state index in [0.29, 0.717) is 18.9 Å². The molecule has 0 aromatic heterocycles. The number of carbonyl (C=O) groups excluding carboxylic acids is 2. The van der Waals surface area contributed by atoms with Crippen molar-refractivity contribution in [1.29, 1.82) is 0 Å². The van der Waals surface area contributed by atoms with Gasteiger partial charge in [0.2, 0.25) is 0 Å². The standard InChI is InChI=1S/C14H15F2N3O3S/c1-3-5-11(14(21)22-4-2)23-12-6-8(13(20)18-19-17)9(15)7-10(12)16/h6-7,11H,3-5H2,1-2H3. The molecule has 6 nitrogen and oxygen atoms in total. The van der Waals surface area contributed by atoms with Crippen molar-refractivity contribution in [3.63, 3.8) is 0 Å². The number of benzene rings is 1. The first-order valence-electron chi connectivity index (χ1n) is 6.86. The fraction of sp³-hybridized carbons (Fsp3) is 0.429. The van der Waals surface area contributed by atoms with Gasteiger partial charge in [-0.25, -0.2) is 8.78 Å². The van der Waals surface area contributed by atoms with Crippen LogP contribution in [0.1, 0.15) is 37.0 Å². The van der Waals surface area contributed by atoms with E-state index in [0.717, 1.165) is 17.8 Å². The monoisotopic (exact) mass is 343 g/mol. The van der Waals surface area contributed by atoms with Gasteiger partial charge in [0, 0.05) is 15.9 Å². The van der Waals surface area contributed by atoms with Crippen LogP contribution in [0.4, 0.5) is 8.78 Å². The van der Waals surface area contributed by atoms with Crippen molar-refractivity contribution in [3.05, 3.63) is 39.8 Å². The maximum Gasteiger partial charge on any atom is 0.319 e. The zero-order chi connectivity index (χ0) is 17.4. The van der Waals surface area contributed by atoms with E-state index in [1.54, 1.807) is 6.92 Å². The summed E-state index contributed by atoms with van der Waals surface area (Å²) in [5.41, 5.74) is 7.68. The number of amides is 1. The molecule has 9 heteroatoms. The number of thioether (sulfide) groups is 1. The number of halogens is 2. The molecular formula is C14H15F2N3O3S. The highest BCUT2D eigenvalue weighted by Crippen LogP contribution is 2.31. The summed E-state index contributed by atoms with van der Waals surface area (Å²) in [6.07, 6.45) is 1.09. The van der Waals surface area contributed by atoms with Crippen molar-refractivity contribution in [1.82, 2.24) is 0 Å². The highest BCUT2D eigenvalue weighted by atomic mass is 32.2. The summed E-state index contributed by atoms with van der Waals surface area (Å²) in [6.45, 7) is 3.69. The first-order chi connectivity index (χ1) is 10.9. The van der Waals surface area contributed by atoms with Crippen molar-refractivity contribution in [2.24, 2.45) is 5.11 Å². The second kappa shape index (κ2) is 9.12. The Morgan fingerprint density at radius 1 is 1.35 bits per heavy atom. The third-order valence-electron chi connectivity index (χ3n) is 2.76. The van der Waals surface area contributed by atoms with Gasteiger partial charge in [-0.15, -0.1) is 11.8 Å². The summed E-state index contributed by atoms with van der Waals surface area (Å²) in [6, 6.07) is 1.46. The maximum atomic E-state index is 13.9.